The molecule has 28 heavy (non-hydrogen) atoms. The number of benzene rings is 1. The second kappa shape index (κ2) is 7.99. The summed E-state index contributed by atoms with van der Waals surface area (Å²) in [5.41, 5.74) is 4.82. The van der Waals surface area contributed by atoms with Crippen molar-refractivity contribution in [3.8, 4) is 0 Å². The van der Waals surface area contributed by atoms with Gasteiger partial charge in [0.15, 0.2) is 0 Å². The minimum absolute atomic E-state index is 0.175. The molecule has 0 saturated heterocycles. The Morgan fingerprint density at radius 1 is 1.36 bits per heavy atom. The van der Waals surface area contributed by atoms with E-state index in [1.54, 1.807) is 0 Å². The fraction of sp³-hybridized carbons (Fsp3) is 0.500. The summed E-state index contributed by atoms with van der Waals surface area (Å²) in [7, 11) is 0. The Morgan fingerprint density at radius 2 is 2.14 bits per heavy atom. The molecule has 4 nitrogen and oxygen atoms in total. The largest absolute Gasteiger partial charge is 0.349 e. The molecule has 1 aromatic carbocycles. The first-order chi connectivity index (χ1) is 13.6. The lowest BCUT2D eigenvalue weighted by Crippen LogP contribution is -2.49. The first-order valence-electron chi connectivity index (χ1n) is 10.2. The maximum atomic E-state index is 13.1. The number of carbonyl (C=O) groups excluding carboxylic acids is 1. The summed E-state index contributed by atoms with van der Waals surface area (Å²) in [5, 5.41) is 1.25. The highest BCUT2D eigenvalue weighted by Crippen LogP contribution is 2.43. The van der Waals surface area contributed by atoms with Gasteiger partial charge in [-0.2, -0.15) is 0 Å². The van der Waals surface area contributed by atoms with Crippen molar-refractivity contribution < 1.29 is 9.18 Å². The number of nitrogens with one attached hydrogen (secondary N) is 1. The van der Waals surface area contributed by atoms with Gasteiger partial charge in [-0.3, -0.25) is 14.1 Å². The number of H-pyrrole nitrogens is 1. The Labute approximate surface area is 173 Å². The third-order valence-corrected chi connectivity index (χ3v) is 6.84. The minimum atomic E-state index is -0.328. The van der Waals surface area contributed by atoms with Crippen LogP contribution >= 0.6 is 15.9 Å². The van der Waals surface area contributed by atoms with Crippen molar-refractivity contribution in [2.75, 3.05) is 32.9 Å². The van der Waals surface area contributed by atoms with Crippen LogP contribution in [-0.2, 0) is 11.2 Å². The van der Waals surface area contributed by atoms with Gasteiger partial charge in [-0.05, 0) is 65.4 Å². The molecule has 150 valence electrons. The zero-order valence-corrected chi connectivity index (χ0v) is 18.1. The molecule has 2 heterocycles. The van der Waals surface area contributed by atoms with Crippen molar-refractivity contribution in [1.29, 1.82) is 0 Å². The van der Waals surface area contributed by atoms with Crippen molar-refractivity contribution >= 4 is 38.3 Å². The van der Waals surface area contributed by atoms with E-state index >= 15 is 0 Å². The smallest absolute Gasteiger partial charge is 0.230 e. The maximum absolute atomic E-state index is 13.1. The van der Waals surface area contributed by atoms with Gasteiger partial charge in [-0.15, -0.1) is 0 Å². The number of hydrogen-bond acceptors (Lipinski definition) is 2. The van der Waals surface area contributed by atoms with Gasteiger partial charge in [0.25, 0.3) is 0 Å². The van der Waals surface area contributed by atoms with Gasteiger partial charge in [0.1, 0.15) is 0 Å². The molecule has 4 rings (SSSR count). The van der Waals surface area contributed by atoms with Crippen molar-refractivity contribution in [1.82, 2.24) is 14.8 Å². The van der Waals surface area contributed by atoms with Gasteiger partial charge < -0.3 is 9.88 Å². The lowest BCUT2D eigenvalue weighted by molar-refractivity contribution is -0.134. The number of aromatic nitrogens is 1. The van der Waals surface area contributed by atoms with Crippen molar-refractivity contribution in [2.45, 2.75) is 32.7 Å². The van der Waals surface area contributed by atoms with Crippen LogP contribution in [0.4, 0.5) is 4.39 Å². The third-order valence-electron chi connectivity index (χ3n) is 6.17. The van der Waals surface area contributed by atoms with E-state index in [4.69, 9.17) is 0 Å². The SMILES string of the molecule is CCN(CC)C(=O)[C@@H]1C=C2c3cccc4[nH]c(Br)c(c34)C[C@H]2N(CCCF)C1. The third kappa shape index (κ3) is 3.20. The number of fused-ring (bicyclic) bond motifs is 2. The summed E-state index contributed by atoms with van der Waals surface area (Å²) in [6, 6.07) is 6.50. The molecule has 0 fully saturated rings. The van der Waals surface area contributed by atoms with Crippen LogP contribution in [0, 0.1) is 5.92 Å². The Morgan fingerprint density at radius 3 is 2.86 bits per heavy atom. The zero-order valence-electron chi connectivity index (χ0n) is 16.5. The van der Waals surface area contributed by atoms with E-state index < -0.39 is 0 Å². The molecule has 0 bridgehead atoms. The lowest BCUT2D eigenvalue weighted by atomic mass is 9.79. The number of rotatable bonds is 6. The van der Waals surface area contributed by atoms with Crippen LogP contribution in [0.2, 0.25) is 0 Å². The Bertz CT molecular complexity index is 918. The first-order valence-corrected chi connectivity index (χ1v) is 11.0. The molecule has 1 aromatic heterocycles. The van der Waals surface area contributed by atoms with Crippen molar-refractivity contribution in [3.63, 3.8) is 0 Å². The number of hydrogen-bond donors (Lipinski definition) is 1. The molecule has 2 atom stereocenters. The topological polar surface area (TPSA) is 39.3 Å². The zero-order chi connectivity index (χ0) is 19.8. The molecule has 0 saturated carbocycles. The van der Waals surface area contributed by atoms with E-state index in [-0.39, 0.29) is 24.5 Å². The first kappa shape index (κ1) is 19.6. The van der Waals surface area contributed by atoms with Crippen LogP contribution in [-0.4, -0.2) is 59.6 Å². The minimum Gasteiger partial charge on any atom is -0.349 e. The van der Waals surface area contributed by atoms with E-state index in [0.717, 1.165) is 16.5 Å². The van der Waals surface area contributed by atoms with Gasteiger partial charge >= 0.3 is 0 Å². The summed E-state index contributed by atoms with van der Waals surface area (Å²) in [4.78, 5) is 20.8. The molecule has 1 amide bonds. The second-order valence-electron chi connectivity index (χ2n) is 7.64. The Hall–Kier alpha value is -1.66. The molecule has 2 aliphatic rings. The van der Waals surface area contributed by atoms with Crippen LogP contribution in [0.25, 0.3) is 16.5 Å². The maximum Gasteiger partial charge on any atom is 0.230 e. The van der Waals surface area contributed by atoms with E-state index in [1.165, 1.54) is 22.1 Å². The number of halogens is 2. The van der Waals surface area contributed by atoms with Gasteiger partial charge in [-0.25, -0.2) is 0 Å². The van der Waals surface area contributed by atoms with E-state index in [9.17, 15) is 9.18 Å². The lowest BCUT2D eigenvalue weighted by Gasteiger charge is -2.42. The molecule has 6 heteroatoms. The average Bonchev–Trinajstić information content (AvgIpc) is 3.03. The number of aromatic amines is 1. The van der Waals surface area contributed by atoms with Crippen LogP contribution in [0.3, 0.4) is 0 Å². The molecule has 1 aliphatic carbocycles. The van der Waals surface area contributed by atoms with Crippen LogP contribution in [0.1, 0.15) is 31.4 Å². The molecule has 2 aromatic rings. The molecule has 0 unspecified atom stereocenters. The number of alkyl halides is 1. The van der Waals surface area contributed by atoms with Crippen LogP contribution in [0.15, 0.2) is 28.9 Å². The van der Waals surface area contributed by atoms with Gasteiger partial charge in [0.05, 0.1) is 17.2 Å². The summed E-state index contributed by atoms with van der Waals surface area (Å²) in [6.45, 7) is 6.48. The Kier molecular flexibility index (Phi) is 5.61. The highest BCUT2D eigenvalue weighted by molar-refractivity contribution is 9.10. The van der Waals surface area contributed by atoms with Gasteiger partial charge in [0, 0.05) is 43.1 Å². The number of amides is 1. The summed E-state index contributed by atoms with van der Waals surface area (Å²) in [6.07, 6.45) is 3.57. The molecule has 0 radical (unpaired) electrons. The van der Waals surface area contributed by atoms with Crippen LogP contribution in [0.5, 0.6) is 0 Å². The fourth-order valence-electron chi connectivity index (χ4n) is 4.81. The summed E-state index contributed by atoms with van der Waals surface area (Å²) < 4.78 is 14.0. The van der Waals surface area contributed by atoms with Crippen molar-refractivity contribution in [3.05, 3.63) is 40.0 Å². The predicted octanol–water partition coefficient (Wildman–Crippen LogP) is 4.40. The normalized spacial score (nSPS) is 21.5. The molecule has 0 spiro atoms. The standard InChI is InChI=1S/C22H27BrFN3O/c1-3-26(4-2)22(28)14-11-16-15-7-5-8-18-20(15)17(21(23)25-18)12-19(16)27(13-14)10-6-9-24/h5,7-8,11,14,19,25H,3-4,6,9-10,12-13H2,1-2H3/t14-,19-/m1/s1. The highest BCUT2D eigenvalue weighted by Gasteiger charge is 2.38. The molecular weight excluding hydrogens is 421 g/mol. The molecule has 1 N–H and O–H groups in total. The molecule has 1 aliphatic heterocycles. The van der Waals surface area contributed by atoms with E-state index in [0.29, 0.717) is 32.6 Å². The quantitative estimate of drug-likeness (QED) is 0.712. The molecular formula is C22H27BrFN3O. The van der Waals surface area contributed by atoms with E-state index in [2.05, 4.69) is 50.1 Å². The number of carbonyl (C=O) groups is 1. The van der Waals surface area contributed by atoms with Gasteiger partial charge in [0.2, 0.25) is 5.91 Å². The van der Waals surface area contributed by atoms with Gasteiger partial charge in [-0.1, -0.05) is 18.2 Å². The fourth-order valence-corrected chi connectivity index (χ4v) is 5.38. The number of nitrogens with zero attached hydrogens (tertiary/aromatic N) is 2. The monoisotopic (exact) mass is 447 g/mol. The predicted molar refractivity (Wildman–Crippen MR) is 115 cm³/mol. The van der Waals surface area contributed by atoms with E-state index in [1.807, 2.05) is 18.7 Å². The second-order valence-corrected chi connectivity index (χ2v) is 8.44. The van der Waals surface area contributed by atoms with Crippen molar-refractivity contribution in [2.24, 2.45) is 5.92 Å². The average molecular weight is 448 g/mol. The summed E-state index contributed by atoms with van der Waals surface area (Å²) in [5.74, 6) is -0.000584. The highest BCUT2D eigenvalue weighted by atomic mass is 79.9. The summed E-state index contributed by atoms with van der Waals surface area (Å²) >= 11 is 3.69. The Balaban J connectivity index is 1.80. The van der Waals surface area contributed by atoms with Crippen LogP contribution < -0.4 is 0 Å².